The van der Waals surface area contributed by atoms with Crippen molar-refractivity contribution in [2.45, 2.75) is 25.8 Å². The summed E-state index contributed by atoms with van der Waals surface area (Å²) < 4.78 is 0. The Labute approximate surface area is 92.3 Å². The molecule has 1 saturated carbocycles. The van der Waals surface area contributed by atoms with Crippen molar-refractivity contribution in [2.75, 3.05) is 25.5 Å². The average molecular weight is 204 g/mol. The first-order valence-corrected chi connectivity index (χ1v) is 5.76. The molecule has 0 saturated heterocycles. The van der Waals surface area contributed by atoms with E-state index in [-0.39, 0.29) is 0 Å². The van der Waals surface area contributed by atoms with E-state index in [4.69, 9.17) is 0 Å². The van der Waals surface area contributed by atoms with Crippen LogP contribution in [0.4, 0.5) is 5.69 Å². The van der Waals surface area contributed by atoms with Gasteiger partial charge in [0.25, 0.3) is 0 Å². The van der Waals surface area contributed by atoms with Crippen molar-refractivity contribution in [3.63, 3.8) is 0 Å². The van der Waals surface area contributed by atoms with Crippen molar-refractivity contribution in [3.8, 4) is 0 Å². The van der Waals surface area contributed by atoms with Crippen molar-refractivity contribution in [1.82, 2.24) is 4.90 Å². The number of nitrogens with zero attached hydrogens (tertiary/aromatic N) is 1. The van der Waals surface area contributed by atoms with E-state index >= 15 is 0 Å². The summed E-state index contributed by atoms with van der Waals surface area (Å²) in [6.07, 6.45) is 2.78. The number of hydrogen-bond donors (Lipinski definition) is 1. The maximum atomic E-state index is 3.46. The predicted octanol–water partition coefficient (Wildman–Crippen LogP) is 2.50. The lowest BCUT2D eigenvalue weighted by atomic mass is 10.2. The van der Waals surface area contributed by atoms with Crippen molar-refractivity contribution in [1.29, 1.82) is 0 Å². The third-order valence-corrected chi connectivity index (χ3v) is 2.98. The Kier molecular flexibility index (Phi) is 3.27. The monoisotopic (exact) mass is 204 g/mol. The van der Waals surface area contributed by atoms with Gasteiger partial charge in [0, 0.05) is 24.8 Å². The normalized spacial score (nSPS) is 15.7. The number of nitrogens with one attached hydrogen (secondary N) is 1. The maximum Gasteiger partial charge on any atom is 0.0343 e. The summed E-state index contributed by atoms with van der Waals surface area (Å²) in [5, 5.41) is 3.46. The molecule has 82 valence electrons. The lowest BCUT2D eigenvalue weighted by Gasteiger charge is -2.16. The lowest BCUT2D eigenvalue weighted by molar-refractivity contribution is 0.337. The molecule has 0 amide bonds. The van der Waals surface area contributed by atoms with Crippen molar-refractivity contribution in [3.05, 3.63) is 29.8 Å². The fourth-order valence-corrected chi connectivity index (χ4v) is 1.83. The standard InChI is InChI=1S/C13H20N2/c1-11-4-3-5-12(10-11)14-8-9-15(2)13-6-7-13/h3-5,10,13-14H,6-9H2,1-2H3. The molecule has 1 aromatic rings. The van der Waals surface area contributed by atoms with Gasteiger partial charge in [0.15, 0.2) is 0 Å². The highest BCUT2D eigenvalue weighted by molar-refractivity contribution is 5.45. The van der Waals surface area contributed by atoms with Gasteiger partial charge in [0.1, 0.15) is 0 Å². The molecule has 2 rings (SSSR count). The summed E-state index contributed by atoms with van der Waals surface area (Å²) in [7, 11) is 2.22. The number of benzene rings is 1. The molecule has 0 aliphatic heterocycles. The molecular formula is C13H20N2. The minimum absolute atomic E-state index is 0.865. The summed E-state index contributed by atoms with van der Waals surface area (Å²) in [6.45, 7) is 4.30. The molecule has 1 aliphatic rings. The zero-order chi connectivity index (χ0) is 10.7. The molecule has 1 N–H and O–H groups in total. The van der Waals surface area contributed by atoms with E-state index in [1.807, 2.05) is 0 Å². The predicted molar refractivity (Wildman–Crippen MR) is 65.3 cm³/mol. The number of anilines is 1. The molecule has 1 fully saturated rings. The van der Waals surface area contributed by atoms with E-state index in [0.29, 0.717) is 0 Å². The second kappa shape index (κ2) is 4.67. The van der Waals surface area contributed by atoms with E-state index in [0.717, 1.165) is 19.1 Å². The summed E-state index contributed by atoms with van der Waals surface area (Å²) in [5.41, 5.74) is 2.55. The van der Waals surface area contributed by atoms with Gasteiger partial charge in [-0.2, -0.15) is 0 Å². The van der Waals surface area contributed by atoms with Gasteiger partial charge in [-0.15, -0.1) is 0 Å². The van der Waals surface area contributed by atoms with Crippen LogP contribution >= 0.6 is 0 Å². The Morgan fingerprint density at radius 3 is 2.87 bits per heavy atom. The first-order valence-electron chi connectivity index (χ1n) is 5.76. The number of likely N-dealkylation sites (N-methyl/N-ethyl adjacent to an activating group) is 1. The minimum atomic E-state index is 0.865. The summed E-state index contributed by atoms with van der Waals surface area (Å²) >= 11 is 0. The highest BCUT2D eigenvalue weighted by atomic mass is 15.2. The first-order chi connectivity index (χ1) is 7.25. The van der Waals surface area contributed by atoms with Crippen LogP contribution < -0.4 is 5.32 Å². The number of aryl methyl sites for hydroxylation is 1. The van der Waals surface area contributed by atoms with Gasteiger partial charge in [-0.25, -0.2) is 0 Å². The minimum Gasteiger partial charge on any atom is -0.384 e. The highest BCUT2D eigenvalue weighted by Gasteiger charge is 2.25. The second-order valence-corrected chi connectivity index (χ2v) is 4.51. The molecule has 1 aliphatic carbocycles. The molecule has 0 unspecified atom stereocenters. The van der Waals surface area contributed by atoms with Gasteiger partial charge in [-0.3, -0.25) is 0 Å². The molecule has 2 nitrogen and oxygen atoms in total. The Bertz CT molecular complexity index is 318. The van der Waals surface area contributed by atoms with Gasteiger partial charge < -0.3 is 10.2 Å². The smallest absolute Gasteiger partial charge is 0.0343 e. The molecule has 0 radical (unpaired) electrons. The lowest BCUT2D eigenvalue weighted by Crippen LogP contribution is -2.26. The fraction of sp³-hybridized carbons (Fsp3) is 0.538. The van der Waals surface area contributed by atoms with E-state index in [1.54, 1.807) is 0 Å². The molecule has 1 aromatic carbocycles. The van der Waals surface area contributed by atoms with Crippen molar-refractivity contribution < 1.29 is 0 Å². The average Bonchev–Trinajstić information content (AvgIpc) is 3.00. The highest BCUT2D eigenvalue weighted by Crippen LogP contribution is 2.24. The van der Waals surface area contributed by atoms with Gasteiger partial charge >= 0.3 is 0 Å². The van der Waals surface area contributed by atoms with Crippen LogP contribution in [0.25, 0.3) is 0 Å². The quantitative estimate of drug-likeness (QED) is 0.792. The Balaban J connectivity index is 1.73. The molecule has 0 aromatic heterocycles. The number of rotatable bonds is 5. The topological polar surface area (TPSA) is 15.3 Å². The molecule has 15 heavy (non-hydrogen) atoms. The second-order valence-electron chi connectivity index (χ2n) is 4.51. The molecule has 0 heterocycles. The molecular weight excluding hydrogens is 184 g/mol. The van der Waals surface area contributed by atoms with Gasteiger partial charge in [-0.1, -0.05) is 12.1 Å². The largest absolute Gasteiger partial charge is 0.384 e. The zero-order valence-corrected chi connectivity index (χ0v) is 9.66. The van der Waals surface area contributed by atoms with Crippen LogP contribution in [0.3, 0.4) is 0 Å². The van der Waals surface area contributed by atoms with Gasteiger partial charge in [-0.05, 0) is 44.5 Å². The van der Waals surface area contributed by atoms with Crippen molar-refractivity contribution in [2.24, 2.45) is 0 Å². The van der Waals surface area contributed by atoms with Crippen LogP contribution in [-0.4, -0.2) is 31.1 Å². The summed E-state index contributed by atoms with van der Waals surface area (Å²) in [5.74, 6) is 0. The maximum absolute atomic E-state index is 3.46. The van der Waals surface area contributed by atoms with Crippen LogP contribution in [0.2, 0.25) is 0 Å². The van der Waals surface area contributed by atoms with E-state index in [9.17, 15) is 0 Å². The van der Waals surface area contributed by atoms with E-state index in [2.05, 4.69) is 48.5 Å². The van der Waals surface area contributed by atoms with Crippen LogP contribution in [0.1, 0.15) is 18.4 Å². The van der Waals surface area contributed by atoms with E-state index < -0.39 is 0 Å². The Morgan fingerprint density at radius 2 is 2.20 bits per heavy atom. The third-order valence-electron chi connectivity index (χ3n) is 2.98. The van der Waals surface area contributed by atoms with Crippen LogP contribution in [0.5, 0.6) is 0 Å². The summed E-state index contributed by atoms with van der Waals surface area (Å²) in [4.78, 5) is 2.45. The van der Waals surface area contributed by atoms with Crippen LogP contribution in [-0.2, 0) is 0 Å². The molecule has 0 atom stereocenters. The Hall–Kier alpha value is -1.02. The molecule has 0 spiro atoms. The van der Waals surface area contributed by atoms with E-state index in [1.165, 1.54) is 24.1 Å². The molecule has 2 heteroatoms. The van der Waals surface area contributed by atoms with Crippen molar-refractivity contribution >= 4 is 5.69 Å². The van der Waals surface area contributed by atoms with Crippen LogP contribution in [0, 0.1) is 6.92 Å². The fourth-order valence-electron chi connectivity index (χ4n) is 1.83. The third kappa shape index (κ3) is 3.24. The zero-order valence-electron chi connectivity index (χ0n) is 9.66. The van der Waals surface area contributed by atoms with Gasteiger partial charge in [0.2, 0.25) is 0 Å². The number of hydrogen-bond acceptors (Lipinski definition) is 2. The van der Waals surface area contributed by atoms with Crippen LogP contribution in [0.15, 0.2) is 24.3 Å². The Morgan fingerprint density at radius 1 is 1.40 bits per heavy atom. The first kappa shape index (κ1) is 10.5. The van der Waals surface area contributed by atoms with Gasteiger partial charge in [0.05, 0.1) is 0 Å². The summed E-state index contributed by atoms with van der Waals surface area (Å²) in [6, 6.07) is 9.41. The SMILES string of the molecule is Cc1cccc(NCCN(C)C2CC2)c1. The molecule has 0 bridgehead atoms.